The first kappa shape index (κ1) is 29.9. The summed E-state index contributed by atoms with van der Waals surface area (Å²) in [7, 11) is 1.95. The lowest BCUT2D eigenvalue weighted by Crippen LogP contribution is -2.58. The summed E-state index contributed by atoms with van der Waals surface area (Å²) in [6.45, 7) is 8.25. The molecule has 9 heteroatoms. The molecule has 2 amide bonds. The molecule has 2 fully saturated rings. The molecule has 3 heterocycles. The van der Waals surface area contributed by atoms with Crippen LogP contribution in [0.2, 0.25) is 0 Å². The fourth-order valence-corrected chi connectivity index (χ4v) is 6.97. The van der Waals surface area contributed by atoms with E-state index in [-0.39, 0.29) is 30.0 Å². The van der Waals surface area contributed by atoms with Gasteiger partial charge in [0.1, 0.15) is 11.9 Å². The van der Waals surface area contributed by atoms with E-state index in [0.717, 1.165) is 35.0 Å². The van der Waals surface area contributed by atoms with Gasteiger partial charge in [-0.2, -0.15) is 0 Å². The van der Waals surface area contributed by atoms with E-state index in [4.69, 9.17) is 5.73 Å². The van der Waals surface area contributed by atoms with Crippen LogP contribution in [-0.4, -0.2) is 63.8 Å². The number of benzene rings is 2. The van der Waals surface area contributed by atoms with Crippen LogP contribution in [0.4, 0.5) is 4.39 Å². The van der Waals surface area contributed by atoms with Crippen LogP contribution in [0.5, 0.6) is 0 Å². The van der Waals surface area contributed by atoms with Crippen LogP contribution >= 0.6 is 0 Å². The summed E-state index contributed by atoms with van der Waals surface area (Å²) < 4.78 is 16.1. The fraction of sp³-hybridized carbons (Fsp3) is 0.485. The molecule has 2 aliphatic heterocycles. The number of aromatic nitrogens is 1. The van der Waals surface area contributed by atoms with Crippen molar-refractivity contribution < 1.29 is 18.8 Å². The number of aryl methyl sites for hydroxylation is 1. The second-order valence-electron chi connectivity index (χ2n) is 12.9. The number of rotatable bonds is 8. The average molecular weight is 576 g/mol. The number of nitrogens with two attached hydrogens (primary N) is 1. The number of Topliss-reactive ketones (excluding diaryl/α,β-unsaturated/α-hetero) is 1. The number of nitrogens with zero attached hydrogens (tertiary/aromatic N) is 2. The number of halogens is 1. The zero-order valence-electron chi connectivity index (χ0n) is 25.1. The number of ketones is 1. The van der Waals surface area contributed by atoms with Gasteiger partial charge in [0.05, 0.1) is 17.0 Å². The Balaban J connectivity index is 1.64. The summed E-state index contributed by atoms with van der Waals surface area (Å²) in [6, 6.07) is 12.0. The monoisotopic (exact) mass is 575 g/mol. The lowest BCUT2D eigenvalue weighted by molar-refractivity contribution is -0.142. The van der Waals surface area contributed by atoms with Crippen LogP contribution in [0.15, 0.2) is 54.7 Å². The number of para-hydroxylation sites is 1. The lowest BCUT2D eigenvalue weighted by atomic mass is 9.66. The van der Waals surface area contributed by atoms with E-state index in [1.165, 1.54) is 12.1 Å². The summed E-state index contributed by atoms with van der Waals surface area (Å²) in [5, 5.41) is 7.36. The van der Waals surface area contributed by atoms with Gasteiger partial charge >= 0.3 is 0 Å². The zero-order chi connectivity index (χ0) is 30.4. The van der Waals surface area contributed by atoms with Crippen LogP contribution in [-0.2, 0) is 27.9 Å². The third kappa shape index (κ3) is 5.24. The molecule has 3 aromatic rings. The fourth-order valence-electron chi connectivity index (χ4n) is 6.97. The second-order valence-corrected chi connectivity index (χ2v) is 12.9. The number of hydrogen-bond donors (Lipinski definition) is 3. The molecule has 0 aliphatic carbocycles. The van der Waals surface area contributed by atoms with Gasteiger partial charge < -0.3 is 25.8 Å². The number of carbonyl (C=O) groups is 3. The van der Waals surface area contributed by atoms with E-state index in [1.54, 1.807) is 30.9 Å². The van der Waals surface area contributed by atoms with Gasteiger partial charge in [-0.05, 0) is 76.4 Å². The number of amides is 2. The van der Waals surface area contributed by atoms with Crippen molar-refractivity contribution in [3.8, 4) is 0 Å². The first-order chi connectivity index (χ1) is 19.8. The number of carbonyl (C=O) groups excluding carboxylic acids is 3. The van der Waals surface area contributed by atoms with E-state index < -0.39 is 34.9 Å². The quantitative estimate of drug-likeness (QED) is 0.382. The molecule has 1 aromatic heterocycles. The standard InChI is InChI=1S/C33H42FN5O3/c1-20(2)39-28(27(21-11-13-23(34)14-12-21)33(31(39)42)15-8-16-36-19-33)29(40)25(37-30(41)32(3,4)35)17-22-18-38(5)26-10-7-6-9-24(22)26/h6-7,9-14,18,20,25,27-28,36H,8,15-17,19,35H2,1-5H3,(H,37,41)/t25-,27?,28?,33?/m1/s1. The lowest BCUT2D eigenvalue weighted by Gasteiger charge is -2.38. The minimum atomic E-state index is -1.22. The van der Waals surface area contributed by atoms with E-state index in [1.807, 2.05) is 55.9 Å². The summed E-state index contributed by atoms with van der Waals surface area (Å²) >= 11 is 0. The molecule has 0 bridgehead atoms. The highest BCUT2D eigenvalue weighted by Crippen LogP contribution is 2.52. The van der Waals surface area contributed by atoms with Crippen LogP contribution in [0, 0.1) is 11.2 Å². The highest BCUT2D eigenvalue weighted by molar-refractivity contribution is 6.02. The number of likely N-dealkylation sites (tertiary alicyclic amines) is 1. The minimum Gasteiger partial charge on any atom is -0.350 e. The molecule has 2 aromatic carbocycles. The predicted octanol–water partition coefficient (Wildman–Crippen LogP) is 3.42. The van der Waals surface area contributed by atoms with Crippen molar-refractivity contribution in [1.82, 2.24) is 20.1 Å². The summed E-state index contributed by atoms with van der Waals surface area (Å²) in [5.74, 6) is -1.68. The van der Waals surface area contributed by atoms with Crippen molar-refractivity contribution in [2.24, 2.45) is 18.2 Å². The third-order valence-corrected chi connectivity index (χ3v) is 9.00. The Labute approximate surface area is 246 Å². The van der Waals surface area contributed by atoms with E-state index >= 15 is 0 Å². The minimum absolute atomic E-state index is 0.0771. The molecule has 5 rings (SSSR count). The highest BCUT2D eigenvalue weighted by Gasteiger charge is 2.62. The normalized spacial score (nSPS) is 23.6. The van der Waals surface area contributed by atoms with Gasteiger partial charge in [0.25, 0.3) is 0 Å². The Morgan fingerprint density at radius 3 is 2.48 bits per heavy atom. The van der Waals surface area contributed by atoms with Gasteiger partial charge in [-0.25, -0.2) is 4.39 Å². The summed E-state index contributed by atoms with van der Waals surface area (Å²) in [4.78, 5) is 44.3. The van der Waals surface area contributed by atoms with E-state index in [9.17, 15) is 18.8 Å². The first-order valence-electron chi connectivity index (χ1n) is 14.8. The van der Waals surface area contributed by atoms with Gasteiger partial charge in [0, 0.05) is 49.1 Å². The number of fused-ring (bicyclic) bond motifs is 1. The van der Waals surface area contributed by atoms with E-state index in [0.29, 0.717) is 13.0 Å². The largest absolute Gasteiger partial charge is 0.350 e. The zero-order valence-corrected chi connectivity index (χ0v) is 25.1. The first-order valence-corrected chi connectivity index (χ1v) is 14.8. The Morgan fingerprint density at radius 1 is 1.17 bits per heavy atom. The molecular weight excluding hydrogens is 533 g/mol. The second kappa shape index (κ2) is 11.3. The summed E-state index contributed by atoms with van der Waals surface area (Å²) in [5.41, 5.74) is 6.76. The maximum Gasteiger partial charge on any atom is 0.240 e. The van der Waals surface area contributed by atoms with Crippen molar-refractivity contribution in [2.75, 3.05) is 13.1 Å². The molecule has 0 radical (unpaired) electrons. The molecule has 8 nitrogen and oxygen atoms in total. The maximum atomic E-state index is 14.9. The topological polar surface area (TPSA) is 109 Å². The smallest absolute Gasteiger partial charge is 0.240 e. The molecule has 4 atom stereocenters. The molecule has 3 unspecified atom stereocenters. The Hall–Kier alpha value is -3.56. The number of nitrogens with one attached hydrogen (secondary N) is 2. The predicted molar refractivity (Wildman–Crippen MR) is 161 cm³/mol. The van der Waals surface area contributed by atoms with E-state index in [2.05, 4.69) is 10.6 Å². The molecule has 2 saturated heterocycles. The van der Waals surface area contributed by atoms with Gasteiger partial charge in [-0.3, -0.25) is 14.4 Å². The van der Waals surface area contributed by atoms with Gasteiger partial charge in [-0.1, -0.05) is 30.3 Å². The van der Waals surface area contributed by atoms with Crippen molar-refractivity contribution in [3.63, 3.8) is 0 Å². The number of piperidine rings is 1. The molecule has 224 valence electrons. The van der Waals surface area contributed by atoms with Crippen molar-refractivity contribution >= 4 is 28.5 Å². The Morgan fingerprint density at radius 2 is 1.86 bits per heavy atom. The van der Waals surface area contributed by atoms with Crippen molar-refractivity contribution in [1.29, 1.82) is 0 Å². The highest BCUT2D eigenvalue weighted by atomic mass is 19.1. The van der Waals surface area contributed by atoms with Crippen LogP contribution < -0.4 is 16.4 Å². The molecule has 4 N–H and O–H groups in total. The van der Waals surface area contributed by atoms with Crippen LogP contribution in [0.3, 0.4) is 0 Å². The summed E-state index contributed by atoms with van der Waals surface area (Å²) in [6.07, 6.45) is 3.62. The van der Waals surface area contributed by atoms with Gasteiger partial charge in [0.15, 0.2) is 5.78 Å². The Bertz CT molecular complexity index is 1480. The van der Waals surface area contributed by atoms with Crippen molar-refractivity contribution in [3.05, 3.63) is 71.7 Å². The van der Waals surface area contributed by atoms with Gasteiger partial charge in [-0.15, -0.1) is 0 Å². The molecular formula is C33H42FN5O3. The Kier molecular flexibility index (Phi) is 8.02. The SMILES string of the molecule is CC(C)N1C(=O)C2(CCCNC2)C(c2ccc(F)cc2)C1C(=O)[C@@H](Cc1cn(C)c2ccccc12)NC(=O)C(C)(C)N. The molecule has 42 heavy (non-hydrogen) atoms. The molecule has 0 saturated carbocycles. The van der Waals surface area contributed by atoms with Crippen LogP contribution in [0.1, 0.15) is 57.6 Å². The maximum absolute atomic E-state index is 14.9. The van der Waals surface area contributed by atoms with Crippen LogP contribution in [0.25, 0.3) is 10.9 Å². The average Bonchev–Trinajstić information content (AvgIpc) is 3.39. The van der Waals surface area contributed by atoms with Gasteiger partial charge in [0.2, 0.25) is 11.8 Å². The third-order valence-electron chi connectivity index (χ3n) is 9.00. The molecule has 2 aliphatic rings. The van der Waals surface area contributed by atoms with Crippen molar-refractivity contribution in [2.45, 2.75) is 76.5 Å². The molecule has 1 spiro atoms. The number of hydrogen-bond acceptors (Lipinski definition) is 5.